The number of thiophene rings is 1. The van der Waals surface area contributed by atoms with Crippen molar-refractivity contribution in [3.63, 3.8) is 0 Å². The highest BCUT2D eigenvalue weighted by atomic mass is 79.9. The van der Waals surface area contributed by atoms with Crippen LogP contribution in [0.3, 0.4) is 0 Å². The third-order valence-electron chi connectivity index (χ3n) is 2.78. The molecule has 2 nitrogen and oxygen atoms in total. The molecule has 2 heterocycles. The van der Waals surface area contributed by atoms with E-state index in [-0.39, 0.29) is 5.41 Å². The monoisotopic (exact) mass is 358 g/mol. The van der Waals surface area contributed by atoms with E-state index in [1.807, 2.05) is 0 Å². The van der Waals surface area contributed by atoms with Crippen LogP contribution in [0.15, 0.2) is 16.6 Å². The molecule has 0 N–H and O–H groups in total. The first-order valence-corrected chi connectivity index (χ1v) is 8.14. The van der Waals surface area contributed by atoms with Crippen LogP contribution in [0.25, 0.3) is 10.7 Å². The molecule has 0 aromatic carbocycles. The Morgan fingerprint density at radius 1 is 1.26 bits per heavy atom. The molecule has 0 amide bonds. The van der Waals surface area contributed by atoms with Gasteiger partial charge in [-0.2, -0.15) is 0 Å². The van der Waals surface area contributed by atoms with E-state index in [1.54, 1.807) is 11.3 Å². The zero-order valence-corrected chi connectivity index (χ0v) is 14.6. The average Bonchev–Trinajstić information content (AvgIpc) is 2.81. The van der Waals surface area contributed by atoms with Gasteiger partial charge in [0, 0.05) is 4.88 Å². The van der Waals surface area contributed by atoms with Crippen molar-refractivity contribution < 1.29 is 0 Å². The molecule has 0 bridgehead atoms. The van der Waals surface area contributed by atoms with Gasteiger partial charge >= 0.3 is 0 Å². The van der Waals surface area contributed by atoms with Gasteiger partial charge in [0.05, 0.1) is 15.0 Å². The number of hydrogen-bond acceptors (Lipinski definition) is 3. The number of hydrogen-bond donors (Lipinski definition) is 0. The number of aryl methyl sites for hydroxylation is 1. The lowest BCUT2D eigenvalue weighted by atomic mass is 9.95. The van der Waals surface area contributed by atoms with Crippen molar-refractivity contribution in [2.75, 3.05) is 0 Å². The maximum absolute atomic E-state index is 6.15. The molecular formula is C14H16BrClN2S. The molecule has 0 fully saturated rings. The number of aromatic nitrogens is 2. The van der Waals surface area contributed by atoms with Crippen molar-refractivity contribution in [2.24, 2.45) is 0 Å². The smallest absolute Gasteiger partial charge is 0.171 e. The molecule has 2 rings (SSSR count). The van der Waals surface area contributed by atoms with Gasteiger partial charge in [-0.1, -0.05) is 39.3 Å². The van der Waals surface area contributed by atoms with Crippen LogP contribution in [0.4, 0.5) is 0 Å². The van der Waals surface area contributed by atoms with Gasteiger partial charge in [0.25, 0.3) is 0 Å². The largest absolute Gasteiger partial charge is 0.231 e. The lowest BCUT2D eigenvalue weighted by Crippen LogP contribution is -2.07. The second-order valence-electron chi connectivity index (χ2n) is 5.37. The Morgan fingerprint density at radius 3 is 2.47 bits per heavy atom. The number of nitrogens with zero attached hydrogens (tertiary/aromatic N) is 2. The summed E-state index contributed by atoms with van der Waals surface area (Å²) in [7, 11) is 0. The number of rotatable bonds is 2. The fourth-order valence-electron chi connectivity index (χ4n) is 1.67. The molecule has 19 heavy (non-hydrogen) atoms. The lowest BCUT2D eigenvalue weighted by Gasteiger charge is -2.15. The summed E-state index contributed by atoms with van der Waals surface area (Å²) < 4.78 is 0.799. The van der Waals surface area contributed by atoms with Gasteiger partial charge < -0.3 is 0 Å². The highest BCUT2D eigenvalue weighted by Crippen LogP contribution is 2.35. The Bertz CT molecular complexity index is 602. The molecule has 0 atom stereocenters. The maximum atomic E-state index is 6.15. The molecule has 0 saturated carbocycles. The first kappa shape index (κ1) is 14.9. The summed E-state index contributed by atoms with van der Waals surface area (Å²) in [6.07, 6.45) is 0.827. The highest BCUT2D eigenvalue weighted by Gasteiger charge is 2.18. The molecule has 0 aliphatic heterocycles. The van der Waals surface area contributed by atoms with Gasteiger partial charge in [-0.25, -0.2) is 9.97 Å². The van der Waals surface area contributed by atoms with E-state index < -0.39 is 0 Å². The first-order chi connectivity index (χ1) is 8.82. The predicted molar refractivity (Wildman–Crippen MR) is 86.1 cm³/mol. The van der Waals surface area contributed by atoms with E-state index in [2.05, 4.69) is 65.7 Å². The molecule has 0 spiro atoms. The minimum atomic E-state index is 0.148. The molecule has 2 aromatic heterocycles. The molecule has 0 aliphatic carbocycles. The Labute approximate surface area is 131 Å². The first-order valence-electron chi connectivity index (χ1n) is 6.15. The standard InChI is InChI=1S/C14H16BrClN2S/c1-5-8-11(15)12(16)18-13(17-8)9-6-7-10(19-9)14(2,3)4/h6-7H,5H2,1-4H3. The minimum absolute atomic E-state index is 0.148. The Kier molecular flexibility index (Phi) is 4.33. The summed E-state index contributed by atoms with van der Waals surface area (Å²) in [5.74, 6) is 0.713. The zero-order chi connectivity index (χ0) is 14.2. The summed E-state index contributed by atoms with van der Waals surface area (Å²) in [5.41, 5.74) is 1.09. The van der Waals surface area contributed by atoms with Gasteiger partial charge in [0.15, 0.2) is 5.82 Å². The Balaban J connectivity index is 2.48. The molecule has 5 heteroatoms. The second-order valence-corrected chi connectivity index (χ2v) is 7.60. The third kappa shape index (κ3) is 3.18. The normalized spacial score (nSPS) is 11.9. The molecule has 102 valence electrons. The summed E-state index contributed by atoms with van der Waals surface area (Å²) in [4.78, 5) is 11.3. The minimum Gasteiger partial charge on any atom is -0.231 e. The zero-order valence-electron chi connectivity index (χ0n) is 11.4. The van der Waals surface area contributed by atoms with E-state index in [1.165, 1.54) is 4.88 Å². The van der Waals surface area contributed by atoms with Crippen LogP contribution >= 0.6 is 38.9 Å². The van der Waals surface area contributed by atoms with Crippen molar-refractivity contribution >= 4 is 38.9 Å². The quantitative estimate of drug-likeness (QED) is 0.663. The van der Waals surface area contributed by atoms with Crippen LogP contribution in [-0.4, -0.2) is 9.97 Å². The van der Waals surface area contributed by atoms with E-state index in [4.69, 9.17) is 11.6 Å². The molecule has 0 radical (unpaired) electrons. The summed E-state index contributed by atoms with van der Waals surface area (Å²) in [5, 5.41) is 0.479. The van der Waals surface area contributed by atoms with Crippen molar-refractivity contribution in [2.45, 2.75) is 39.5 Å². The predicted octanol–water partition coefficient (Wildman–Crippen LogP) is 5.48. The Morgan fingerprint density at radius 2 is 1.95 bits per heavy atom. The maximum Gasteiger partial charge on any atom is 0.171 e. The van der Waals surface area contributed by atoms with Gasteiger partial charge in [-0.15, -0.1) is 11.3 Å². The average molecular weight is 360 g/mol. The third-order valence-corrected chi connectivity index (χ3v) is 5.62. The van der Waals surface area contributed by atoms with Gasteiger partial charge in [-0.05, 0) is 39.9 Å². The van der Waals surface area contributed by atoms with Crippen molar-refractivity contribution in [1.29, 1.82) is 0 Å². The van der Waals surface area contributed by atoms with Crippen LogP contribution in [-0.2, 0) is 11.8 Å². The van der Waals surface area contributed by atoms with Gasteiger partial charge in [0.2, 0.25) is 0 Å². The van der Waals surface area contributed by atoms with E-state index >= 15 is 0 Å². The van der Waals surface area contributed by atoms with Crippen LogP contribution in [0.1, 0.15) is 38.3 Å². The van der Waals surface area contributed by atoms with Gasteiger partial charge in [-0.3, -0.25) is 0 Å². The van der Waals surface area contributed by atoms with Crippen LogP contribution in [0, 0.1) is 0 Å². The highest BCUT2D eigenvalue weighted by molar-refractivity contribution is 9.10. The summed E-state index contributed by atoms with van der Waals surface area (Å²) >= 11 is 11.3. The lowest BCUT2D eigenvalue weighted by molar-refractivity contribution is 0.604. The van der Waals surface area contributed by atoms with Crippen LogP contribution in [0.5, 0.6) is 0 Å². The number of halogens is 2. The fraction of sp³-hybridized carbons (Fsp3) is 0.429. The fourth-order valence-corrected chi connectivity index (χ4v) is 3.31. The molecule has 0 unspecified atom stereocenters. The van der Waals surface area contributed by atoms with E-state index in [0.29, 0.717) is 11.0 Å². The molecular weight excluding hydrogens is 344 g/mol. The van der Waals surface area contributed by atoms with Gasteiger partial charge in [0.1, 0.15) is 5.15 Å². The van der Waals surface area contributed by atoms with E-state index in [9.17, 15) is 0 Å². The second kappa shape index (κ2) is 5.51. The summed E-state index contributed by atoms with van der Waals surface area (Å²) in [6, 6.07) is 4.22. The van der Waals surface area contributed by atoms with Crippen molar-refractivity contribution in [1.82, 2.24) is 9.97 Å². The molecule has 0 aliphatic rings. The van der Waals surface area contributed by atoms with Crippen molar-refractivity contribution in [3.8, 4) is 10.7 Å². The molecule has 2 aromatic rings. The van der Waals surface area contributed by atoms with E-state index in [0.717, 1.165) is 21.5 Å². The Hall–Kier alpha value is -0.450. The topological polar surface area (TPSA) is 25.8 Å². The van der Waals surface area contributed by atoms with Crippen LogP contribution in [0.2, 0.25) is 5.15 Å². The SMILES string of the molecule is CCc1nc(-c2ccc(C(C)(C)C)s2)nc(Cl)c1Br. The molecule has 0 saturated heterocycles. The summed E-state index contributed by atoms with van der Waals surface area (Å²) in [6.45, 7) is 8.67. The van der Waals surface area contributed by atoms with Crippen LogP contribution < -0.4 is 0 Å². The van der Waals surface area contributed by atoms with Crippen molar-refractivity contribution in [3.05, 3.63) is 32.3 Å².